The number of carbonyl (C=O) groups is 1. The largest absolute Gasteiger partial charge is 0.337 e. The highest BCUT2D eigenvalue weighted by Crippen LogP contribution is 2.16. The van der Waals surface area contributed by atoms with Crippen LogP contribution in [-0.4, -0.2) is 29.8 Å². The van der Waals surface area contributed by atoms with Crippen molar-refractivity contribution in [2.45, 2.75) is 20.3 Å². The molecule has 0 aromatic carbocycles. The van der Waals surface area contributed by atoms with Crippen molar-refractivity contribution in [2.24, 2.45) is 0 Å². The van der Waals surface area contributed by atoms with E-state index in [2.05, 4.69) is 13.8 Å². The van der Waals surface area contributed by atoms with Crippen LogP contribution in [0.5, 0.6) is 0 Å². The van der Waals surface area contributed by atoms with E-state index in [9.17, 15) is 4.79 Å². The summed E-state index contributed by atoms with van der Waals surface area (Å²) in [5.41, 5.74) is 2.72. The fraction of sp³-hybridized carbons (Fsp3) is 0.667. The van der Waals surface area contributed by atoms with Gasteiger partial charge < -0.3 is 4.90 Å². The van der Waals surface area contributed by atoms with Crippen molar-refractivity contribution in [3.63, 3.8) is 0 Å². The van der Waals surface area contributed by atoms with Crippen molar-refractivity contribution in [2.75, 3.05) is 19.0 Å². The molecule has 0 radical (unpaired) electrons. The van der Waals surface area contributed by atoms with Gasteiger partial charge in [0.25, 0.3) is 0 Å². The van der Waals surface area contributed by atoms with E-state index in [4.69, 9.17) is 11.6 Å². The molecule has 1 aliphatic rings. The zero-order valence-electron chi connectivity index (χ0n) is 7.56. The highest BCUT2D eigenvalue weighted by atomic mass is 35.5. The molecule has 0 saturated carbocycles. The van der Waals surface area contributed by atoms with Gasteiger partial charge in [0.05, 0.1) is 0 Å². The first-order valence-corrected chi connectivity index (χ1v) is 4.67. The predicted molar refractivity (Wildman–Crippen MR) is 50.3 cm³/mol. The third-order valence-electron chi connectivity index (χ3n) is 2.38. The van der Waals surface area contributed by atoms with Gasteiger partial charge in [-0.3, -0.25) is 4.79 Å². The summed E-state index contributed by atoms with van der Waals surface area (Å²) in [6, 6.07) is 0. The minimum Gasteiger partial charge on any atom is -0.337 e. The molecule has 3 heteroatoms. The highest BCUT2D eigenvalue weighted by Gasteiger charge is 2.17. The second-order valence-corrected chi connectivity index (χ2v) is 3.53. The number of halogens is 1. The molecule has 0 spiro atoms. The number of hydrogen-bond acceptors (Lipinski definition) is 1. The van der Waals surface area contributed by atoms with Crippen molar-refractivity contribution in [3.05, 3.63) is 11.1 Å². The maximum Gasteiger partial charge on any atom is 0.237 e. The molecule has 0 saturated heterocycles. The molecule has 1 amide bonds. The lowest BCUT2D eigenvalue weighted by Crippen LogP contribution is -2.37. The highest BCUT2D eigenvalue weighted by molar-refractivity contribution is 6.27. The van der Waals surface area contributed by atoms with Gasteiger partial charge in [0, 0.05) is 13.1 Å². The molecule has 0 fully saturated rings. The first-order chi connectivity index (χ1) is 5.65. The smallest absolute Gasteiger partial charge is 0.237 e. The predicted octanol–water partition coefficient (Wildman–Crippen LogP) is 1.79. The van der Waals surface area contributed by atoms with E-state index < -0.39 is 0 Å². The third-order valence-corrected chi connectivity index (χ3v) is 2.61. The average molecular weight is 188 g/mol. The van der Waals surface area contributed by atoms with E-state index in [-0.39, 0.29) is 11.8 Å². The van der Waals surface area contributed by atoms with Gasteiger partial charge in [-0.1, -0.05) is 11.1 Å². The Morgan fingerprint density at radius 2 is 2.17 bits per heavy atom. The topological polar surface area (TPSA) is 20.3 Å². The summed E-state index contributed by atoms with van der Waals surface area (Å²) in [5.74, 6) is 0.148. The second-order valence-electron chi connectivity index (χ2n) is 3.26. The Labute approximate surface area is 78.2 Å². The zero-order chi connectivity index (χ0) is 9.14. The first kappa shape index (κ1) is 9.59. The van der Waals surface area contributed by atoms with Crippen molar-refractivity contribution >= 4 is 17.5 Å². The first-order valence-electron chi connectivity index (χ1n) is 4.14. The van der Waals surface area contributed by atoms with Crippen LogP contribution in [0, 0.1) is 0 Å². The van der Waals surface area contributed by atoms with Gasteiger partial charge in [0.1, 0.15) is 5.88 Å². The van der Waals surface area contributed by atoms with Crippen molar-refractivity contribution in [1.82, 2.24) is 4.90 Å². The number of alkyl halides is 1. The molecule has 2 nitrogen and oxygen atoms in total. The van der Waals surface area contributed by atoms with E-state index >= 15 is 0 Å². The van der Waals surface area contributed by atoms with Gasteiger partial charge in [0.2, 0.25) is 5.91 Å². The molecular formula is C9H14ClNO. The van der Waals surface area contributed by atoms with Crippen LogP contribution >= 0.6 is 11.6 Å². The van der Waals surface area contributed by atoms with E-state index in [0.717, 1.165) is 19.5 Å². The SMILES string of the molecule is CC1=C(C)CN(C(=O)CCl)CC1. The number of nitrogens with zero attached hydrogens (tertiary/aromatic N) is 1. The quantitative estimate of drug-likeness (QED) is 0.453. The van der Waals surface area contributed by atoms with Gasteiger partial charge in [-0.25, -0.2) is 0 Å². The van der Waals surface area contributed by atoms with Crippen LogP contribution in [0.2, 0.25) is 0 Å². The lowest BCUT2D eigenvalue weighted by atomic mass is 10.0. The maximum absolute atomic E-state index is 11.2. The van der Waals surface area contributed by atoms with E-state index in [0.29, 0.717) is 0 Å². The number of amides is 1. The summed E-state index contributed by atoms with van der Waals surface area (Å²) >= 11 is 5.46. The van der Waals surface area contributed by atoms with Crippen LogP contribution in [0.4, 0.5) is 0 Å². The van der Waals surface area contributed by atoms with Crippen molar-refractivity contribution < 1.29 is 4.79 Å². The fourth-order valence-corrected chi connectivity index (χ4v) is 1.48. The summed E-state index contributed by atoms with van der Waals surface area (Å²) in [5, 5.41) is 0. The molecule has 12 heavy (non-hydrogen) atoms. The fourth-order valence-electron chi connectivity index (χ4n) is 1.31. The minimum absolute atomic E-state index is 0.0449. The molecule has 0 aromatic rings. The number of rotatable bonds is 1. The molecule has 0 N–H and O–H groups in total. The Morgan fingerprint density at radius 1 is 1.50 bits per heavy atom. The minimum atomic E-state index is 0.0449. The van der Waals surface area contributed by atoms with Gasteiger partial charge in [-0.15, -0.1) is 11.6 Å². The van der Waals surface area contributed by atoms with Gasteiger partial charge >= 0.3 is 0 Å². The molecule has 0 unspecified atom stereocenters. The summed E-state index contributed by atoms with van der Waals surface area (Å²) in [4.78, 5) is 13.0. The number of carbonyl (C=O) groups excluding carboxylic acids is 1. The Bertz CT molecular complexity index is 223. The average Bonchev–Trinajstić information content (AvgIpc) is 2.08. The van der Waals surface area contributed by atoms with E-state index in [1.165, 1.54) is 11.1 Å². The van der Waals surface area contributed by atoms with Gasteiger partial charge in [-0.05, 0) is 20.3 Å². The van der Waals surface area contributed by atoms with Crippen LogP contribution < -0.4 is 0 Å². The molecule has 1 rings (SSSR count). The zero-order valence-corrected chi connectivity index (χ0v) is 8.32. The molecule has 1 aliphatic heterocycles. The standard InChI is InChI=1S/C9H14ClNO/c1-7-3-4-11(6-8(7)2)9(12)5-10/h3-6H2,1-2H3. The summed E-state index contributed by atoms with van der Waals surface area (Å²) in [6.45, 7) is 5.78. The van der Waals surface area contributed by atoms with Crippen LogP contribution in [-0.2, 0) is 4.79 Å². The second kappa shape index (κ2) is 3.94. The summed E-state index contributed by atoms with van der Waals surface area (Å²) in [6.07, 6.45) is 0.995. The van der Waals surface area contributed by atoms with Crippen LogP contribution in [0.25, 0.3) is 0 Å². The molecule has 68 valence electrons. The molecule has 0 bridgehead atoms. The van der Waals surface area contributed by atoms with Gasteiger partial charge in [0.15, 0.2) is 0 Å². The molecular weight excluding hydrogens is 174 g/mol. The molecule has 0 atom stereocenters. The molecule has 0 aromatic heterocycles. The van der Waals surface area contributed by atoms with Crippen LogP contribution in [0.15, 0.2) is 11.1 Å². The normalized spacial score (nSPS) is 18.4. The van der Waals surface area contributed by atoms with Crippen molar-refractivity contribution in [3.8, 4) is 0 Å². The number of hydrogen-bond donors (Lipinski definition) is 0. The molecule has 1 heterocycles. The Morgan fingerprint density at radius 3 is 2.67 bits per heavy atom. The van der Waals surface area contributed by atoms with Crippen molar-refractivity contribution in [1.29, 1.82) is 0 Å². The Balaban J connectivity index is 2.60. The van der Waals surface area contributed by atoms with Gasteiger partial charge in [-0.2, -0.15) is 0 Å². The lowest BCUT2D eigenvalue weighted by Gasteiger charge is -2.28. The monoisotopic (exact) mass is 187 g/mol. The lowest BCUT2D eigenvalue weighted by molar-refractivity contribution is -0.128. The Hall–Kier alpha value is -0.500. The maximum atomic E-state index is 11.2. The summed E-state index contributed by atoms with van der Waals surface area (Å²) in [7, 11) is 0. The summed E-state index contributed by atoms with van der Waals surface area (Å²) < 4.78 is 0. The van der Waals surface area contributed by atoms with E-state index in [1.807, 2.05) is 4.90 Å². The Kier molecular flexibility index (Phi) is 3.15. The van der Waals surface area contributed by atoms with Crippen LogP contribution in [0.3, 0.4) is 0 Å². The molecule has 0 aliphatic carbocycles. The third kappa shape index (κ3) is 2.01. The van der Waals surface area contributed by atoms with Crippen LogP contribution in [0.1, 0.15) is 20.3 Å². The van der Waals surface area contributed by atoms with E-state index in [1.54, 1.807) is 0 Å².